The molecule has 3 N–H and O–H groups in total. The fraction of sp³-hybridized carbons (Fsp3) is 0.273. The summed E-state index contributed by atoms with van der Waals surface area (Å²) in [5.74, 6) is -4.25. The van der Waals surface area contributed by atoms with Crippen LogP contribution in [0.2, 0.25) is 0 Å². The first-order chi connectivity index (χ1) is 8.45. The summed E-state index contributed by atoms with van der Waals surface area (Å²) in [7, 11) is 0. The van der Waals surface area contributed by atoms with Crippen LogP contribution in [-0.2, 0) is 4.79 Å². The maximum Gasteiger partial charge on any atom is 0.326 e. The van der Waals surface area contributed by atoms with Gasteiger partial charge in [0.05, 0.1) is 5.56 Å². The van der Waals surface area contributed by atoms with Crippen molar-refractivity contribution in [1.82, 2.24) is 5.32 Å². The van der Waals surface area contributed by atoms with E-state index in [1.54, 1.807) is 0 Å². The molecule has 1 amide bonds. The third-order valence-corrected chi connectivity index (χ3v) is 2.20. The summed E-state index contributed by atoms with van der Waals surface area (Å²) in [6.45, 7) is -0.441. The number of halogens is 2. The van der Waals surface area contributed by atoms with E-state index >= 15 is 0 Å². The first kappa shape index (κ1) is 14.0. The van der Waals surface area contributed by atoms with E-state index < -0.39 is 41.7 Å². The second kappa shape index (κ2) is 6.06. The summed E-state index contributed by atoms with van der Waals surface area (Å²) < 4.78 is 25.9. The molecule has 0 radical (unpaired) electrons. The van der Waals surface area contributed by atoms with E-state index in [1.807, 2.05) is 5.32 Å². The molecule has 0 aromatic heterocycles. The van der Waals surface area contributed by atoms with Gasteiger partial charge in [0.1, 0.15) is 17.7 Å². The lowest BCUT2D eigenvalue weighted by molar-refractivity contribution is -0.139. The van der Waals surface area contributed by atoms with Crippen LogP contribution in [-0.4, -0.2) is 34.7 Å². The van der Waals surface area contributed by atoms with Crippen LogP contribution in [0.25, 0.3) is 0 Å². The summed E-state index contributed by atoms with van der Waals surface area (Å²) in [5.41, 5.74) is -0.458. The van der Waals surface area contributed by atoms with E-state index in [4.69, 9.17) is 10.2 Å². The molecule has 1 unspecified atom stereocenters. The van der Waals surface area contributed by atoms with Crippen LogP contribution >= 0.6 is 0 Å². The third kappa shape index (κ3) is 3.49. The minimum atomic E-state index is -1.35. The maximum absolute atomic E-state index is 13.2. The lowest BCUT2D eigenvalue weighted by Crippen LogP contribution is -2.41. The van der Waals surface area contributed by atoms with E-state index in [0.29, 0.717) is 6.07 Å². The fourth-order valence-electron chi connectivity index (χ4n) is 1.30. The Labute approximate surface area is 101 Å². The van der Waals surface area contributed by atoms with Gasteiger partial charge in [-0.3, -0.25) is 4.79 Å². The van der Waals surface area contributed by atoms with Crippen LogP contribution < -0.4 is 5.32 Å². The number of carbonyl (C=O) groups excluding carboxylic acids is 1. The molecule has 0 heterocycles. The largest absolute Gasteiger partial charge is 0.480 e. The number of hydrogen-bond donors (Lipinski definition) is 3. The first-order valence-corrected chi connectivity index (χ1v) is 5.05. The molecule has 18 heavy (non-hydrogen) atoms. The fourth-order valence-corrected chi connectivity index (χ4v) is 1.30. The number of aliphatic carboxylic acids is 1. The van der Waals surface area contributed by atoms with Gasteiger partial charge in [0.25, 0.3) is 5.91 Å². The number of carboxylic acids is 1. The van der Waals surface area contributed by atoms with Crippen molar-refractivity contribution in [1.29, 1.82) is 0 Å². The Bertz CT molecular complexity index is 464. The summed E-state index contributed by atoms with van der Waals surface area (Å²) in [5, 5.41) is 19.4. The van der Waals surface area contributed by atoms with E-state index in [9.17, 15) is 18.4 Å². The number of aliphatic hydroxyl groups excluding tert-OH is 1. The van der Waals surface area contributed by atoms with Crippen LogP contribution in [0.4, 0.5) is 8.78 Å². The van der Waals surface area contributed by atoms with Gasteiger partial charge in [0.2, 0.25) is 0 Å². The van der Waals surface area contributed by atoms with Crippen LogP contribution in [0.1, 0.15) is 16.8 Å². The first-order valence-electron chi connectivity index (χ1n) is 5.05. The Morgan fingerprint density at radius 3 is 2.50 bits per heavy atom. The molecule has 0 spiro atoms. The Hall–Kier alpha value is -2.02. The molecule has 0 aliphatic carbocycles. The van der Waals surface area contributed by atoms with Gasteiger partial charge in [-0.2, -0.15) is 0 Å². The smallest absolute Gasteiger partial charge is 0.326 e. The minimum Gasteiger partial charge on any atom is -0.480 e. The minimum absolute atomic E-state index is 0.204. The van der Waals surface area contributed by atoms with Crippen LogP contribution in [0.3, 0.4) is 0 Å². The molecule has 0 fully saturated rings. The highest BCUT2D eigenvalue weighted by molar-refractivity contribution is 5.96. The Morgan fingerprint density at radius 1 is 1.33 bits per heavy atom. The van der Waals surface area contributed by atoms with Gasteiger partial charge in [-0.15, -0.1) is 0 Å². The van der Waals surface area contributed by atoms with Crippen LogP contribution in [0, 0.1) is 11.6 Å². The van der Waals surface area contributed by atoms with Crippen molar-refractivity contribution in [3.8, 4) is 0 Å². The molecule has 7 heteroatoms. The molecule has 1 aromatic rings. The maximum atomic E-state index is 13.2. The van der Waals surface area contributed by atoms with Gasteiger partial charge < -0.3 is 15.5 Å². The lowest BCUT2D eigenvalue weighted by atomic mass is 10.1. The molecule has 98 valence electrons. The van der Waals surface area contributed by atoms with Gasteiger partial charge >= 0.3 is 5.97 Å². The molecule has 0 bridgehead atoms. The molecule has 0 aliphatic rings. The van der Waals surface area contributed by atoms with Crippen molar-refractivity contribution < 1.29 is 28.6 Å². The average molecular weight is 259 g/mol. The van der Waals surface area contributed by atoms with Crippen molar-refractivity contribution >= 4 is 11.9 Å². The Balaban J connectivity index is 2.83. The Morgan fingerprint density at radius 2 is 2.00 bits per heavy atom. The predicted molar refractivity (Wildman–Crippen MR) is 57.0 cm³/mol. The third-order valence-electron chi connectivity index (χ3n) is 2.20. The van der Waals surface area contributed by atoms with Crippen molar-refractivity contribution in [2.24, 2.45) is 0 Å². The van der Waals surface area contributed by atoms with Crippen molar-refractivity contribution in [2.75, 3.05) is 6.61 Å². The van der Waals surface area contributed by atoms with E-state index in [2.05, 4.69) is 0 Å². The van der Waals surface area contributed by atoms with Crippen molar-refractivity contribution in [3.05, 3.63) is 35.4 Å². The summed E-state index contributed by atoms with van der Waals surface area (Å²) >= 11 is 0. The van der Waals surface area contributed by atoms with Gasteiger partial charge in [0.15, 0.2) is 0 Å². The second-order valence-electron chi connectivity index (χ2n) is 3.50. The molecular formula is C11H11F2NO4. The topological polar surface area (TPSA) is 86.6 Å². The Kier molecular flexibility index (Phi) is 4.73. The molecule has 1 aromatic carbocycles. The number of carboxylic acid groups (broad SMARTS) is 1. The van der Waals surface area contributed by atoms with Crippen LogP contribution in [0.15, 0.2) is 18.2 Å². The van der Waals surface area contributed by atoms with Crippen molar-refractivity contribution in [3.63, 3.8) is 0 Å². The van der Waals surface area contributed by atoms with Crippen LogP contribution in [0.5, 0.6) is 0 Å². The number of rotatable bonds is 5. The number of nitrogens with one attached hydrogen (secondary N) is 1. The standard InChI is InChI=1S/C11H11F2NO4/c12-6-1-2-7(8(13)5-6)10(16)14-9(3-4-15)11(17)18/h1-2,5,9,15H,3-4H2,(H,14,16)(H,17,18). The van der Waals surface area contributed by atoms with E-state index in [0.717, 1.165) is 12.1 Å². The van der Waals surface area contributed by atoms with Gasteiger partial charge in [0, 0.05) is 19.1 Å². The lowest BCUT2D eigenvalue weighted by Gasteiger charge is -2.13. The molecule has 0 saturated heterocycles. The zero-order valence-electron chi connectivity index (χ0n) is 9.19. The number of benzene rings is 1. The highest BCUT2D eigenvalue weighted by Crippen LogP contribution is 2.09. The zero-order valence-corrected chi connectivity index (χ0v) is 9.19. The molecule has 1 rings (SSSR count). The van der Waals surface area contributed by atoms with E-state index in [-0.39, 0.29) is 6.42 Å². The monoisotopic (exact) mass is 259 g/mol. The molecule has 1 atom stereocenters. The number of carbonyl (C=O) groups is 2. The van der Waals surface area contributed by atoms with Gasteiger partial charge in [-0.05, 0) is 12.1 Å². The summed E-state index contributed by atoms with van der Waals surface area (Å²) in [6.07, 6.45) is -0.204. The number of hydrogen-bond acceptors (Lipinski definition) is 3. The molecular weight excluding hydrogens is 248 g/mol. The highest BCUT2D eigenvalue weighted by atomic mass is 19.1. The summed E-state index contributed by atoms with van der Waals surface area (Å²) in [6, 6.07) is 1.00. The SMILES string of the molecule is O=C(NC(CCO)C(=O)O)c1ccc(F)cc1F. The number of amides is 1. The second-order valence-corrected chi connectivity index (χ2v) is 3.50. The summed E-state index contributed by atoms with van der Waals surface area (Å²) in [4.78, 5) is 22.3. The quantitative estimate of drug-likeness (QED) is 0.720. The average Bonchev–Trinajstić information content (AvgIpc) is 2.27. The van der Waals surface area contributed by atoms with Gasteiger partial charge in [-0.1, -0.05) is 0 Å². The molecule has 0 saturated carbocycles. The zero-order chi connectivity index (χ0) is 13.7. The highest BCUT2D eigenvalue weighted by Gasteiger charge is 2.21. The van der Waals surface area contributed by atoms with E-state index in [1.165, 1.54) is 0 Å². The molecule has 0 aliphatic heterocycles. The number of aliphatic hydroxyl groups is 1. The van der Waals surface area contributed by atoms with Crippen molar-refractivity contribution in [2.45, 2.75) is 12.5 Å². The van der Waals surface area contributed by atoms with Gasteiger partial charge in [-0.25, -0.2) is 13.6 Å². The normalized spacial score (nSPS) is 11.9. The predicted octanol–water partition coefficient (Wildman–Crippen LogP) is 0.530. The molecule has 5 nitrogen and oxygen atoms in total.